The maximum absolute atomic E-state index is 4.70. The molecule has 0 radical (unpaired) electrons. The Labute approximate surface area is 111 Å². The van der Waals surface area contributed by atoms with Gasteiger partial charge < -0.3 is 0 Å². The van der Waals surface area contributed by atoms with Crippen molar-refractivity contribution in [3.8, 4) is 0 Å². The molecule has 1 rings (SSSR count). The molecule has 0 spiro atoms. The van der Waals surface area contributed by atoms with E-state index in [0.29, 0.717) is 16.7 Å². The molecule has 1 aromatic heterocycles. The SMILES string of the molecule is CC(C)C(c1nc(C(C)(C)C)ns1)C(C)Br. The first-order valence-corrected chi connectivity index (χ1v) is 7.40. The summed E-state index contributed by atoms with van der Waals surface area (Å²) in [6.07, 6.45) is 0. The van der Waals surface area contributed by atoms with Gasteiger partial charge in [-0.25, -0.2) is 4.98 Å². The highest BCUT2D eigenvalue weighted by Crippen LogP contribution is 2.34. The molecule has 0 aliphatic carbocycles. The Morgan fingerprint density at radius 1 is 1.19 bits per heavy atom. The van der Waals surface area contributed by atoms with E-state index in [9.17, 15) is 0 Å². The summed E-state index contributed by atoms with van der Waals surface area (Å²) in [5.74, 6) is 2.00. The summed E-state index contributed by atoms with van der Waals surface area (Å²) in [7, 11) is 0. The van der Waals surface area contributed by atoms with Crippen molar-refractivity contribution in [3.05, 3.63) is 10.8 Å². The van der Waals surface area contributed by atoms with Crippen LogP contribution in [-0.2, 0) is 5.41 Å². The van der Waals surface area contributed by atoms with E-state index in [2.05, 4.69) is 61.8 Å². The minimum absolute atomic E-state index is 0.0475. The standard InChI is InChI=1S/C12H21BrN2S/c1-7(2)9(8(3)13)10-14-11(15-16-10)12(4,5)6/h7-9H,1-6H3. The number of alkyl halides is 1. The largest absolute Gasteiger partial charge is 0.224 e. The molecular formula is C12H21BrN2S. The number of aromatic nitrogens is 2. The van der Waals surface area contributed by atoms with Gasteiger partial charge in [0.15, 0.2) is 0 Å². The van der Waals surface area contributed by atoms with Crippen LogP contribution in [0.1, 0.15) is 58.3 Å². The predicted octanol–water partition coefficient (Wildman–Crippen LogP) is 4.36. The van der Waals surface area contributed by atoms with Crippen molar-refractivity contribution >= 4 is 27.5 Å². The molecule has 92 valence electrons. The minimum Gasteiger partial charge on any atom is -0.224 e. The molecule has 1 heterocycles. The van der Waals surface area contributed by atoms with E-state index in [1.807, 2.05) is 0 Å². The first kappa shape index (κ1) is 14.1. The van der Waals surface area contributed by atoms with Crippen molar-refractivity contribution in [1.82, 2.24) is 9.36 Å². The molecule has 2 atom stereocenters. The number of halogens is 1. The van der Waals surface area contributed by atoms with Crippen LogP contribution in [0.15, 0.2) is 0 Å². The van der Waals surface area contributed by atoms with Crippen LogP contribution in [0.25, 0.3) is 0 Å². The summed E-state index contributed by atoms with van der Waals surface area (Å²) in [6.45, 7) is 13.1. The third-order valence-corrected chi connectivity index (χ3v) is 4.00. The minimum atomic E-state index is 0.0475. The Balaban J connectivity index is 3.00. The van der Waals surface area contributed by atoms with Crippen LogP contribution in [-0.4, -0.2) is 14.2 Å². The van der Waals surface area contributed by atoms with E-state index in [1.54, 1.807) is 11.5 Å². The Bertz CT molecular complexity index is 331. The summed E-state index contributed by atoms with van der Waals surface area (Å²) < 4.78 is 4.48. The zero-order valence-corrected chi connectivity index (χ0v) is 13.3. The normalized spacial score (nSPS) is 16.5. The van der Waals surface area contributed by atoms with Crippen LogP contribution < -0.4 is 0 Å². The Hall–Kier alpha value is 0.0400. The van der Waals surface area contributed by atoms with Gasteiger partial charge in [0, 0.05) is 16.2 Å². The van der Waals surface area contributed by atoms with Gasteiger partial charge in [-0.05, 0) is 17.5 Å². The molecule has 4 heteroatoms. The van der Waals surface area contributed by atoms with Gasteiger partial charge >= 0.3 is 0 Å². The number of rotatable bonds is 3. The maximum Gasteiger partial charge on any atom is 0.147 e. The molecule has 2 unspecified atom stereocenters. The van der Waals surface area contributed by atoms with Gasteiger partial charge in [0.1, 0.15) is 10.8 Å². The van der Waals surface area contributed by atoms with Crippen LogP contribution in [0.3, 0.4) is 0 Å². The van der Waals surface area contributed by atoms with Gasteiger partial charge in [-0.1, -0.05) is 57.5 Å². The Morgan fingerprint density at radius 3 is 2.06 bits per heavy atom. The van der Waals surface area contributed by atoms with Gasteiger partial charge in [0.25, 0.3) is 0 Å². The lowest BCUT2D eigenvalue weighted by Gasteiger charge is -2.20. The quantitative estimate of drug-likeness (QED) is 0.775. The molecule has 0 bridgehead atoms. The molecule has 2 nitrogen and oxygen atoms in total. The van der Waals surface area contributed by atoms with Gasteiger partial charge in [0.2, 0.25) is 0 Å². The lowest BCUT2D eigenvalue weighted by atomic mass is 9.93. The molecular weight excluding hydrogens is 284 g/mol. The highest BCUT2D eigenvalue weighted by atomic mass is 79.9. The summed E-state index contributed by atoms with van der Waals surface area (Å²) >= 11 is 5.23. The van der Waals surface area contributed by atoms with E-state index in [0.717, 1.165) is 10.8 Å². The van der Waals surface area contributed by atoms with Gasteiger partial charge in [-0.15, -0.1) is 0 Å². The molecule has 0 aliphatic heterocycles. The summed E-state index contributed by atoms with van der Waals surface area (Å²) in [6, 6.07) is 0. The second kappa shape index (κ2) is 5.13. The molecule has 16 heavy (non-hydrogen) atoms. The molecule has 1 aromatic rings. The van der Waals surface area contributed by atoms with Gasteiger partial charge in [-0.2, -0.15) is 4.37 Å². The van der Waals surface area contributed by atoms with E-state index in [-0.39, 0.29) is 5.41 Å². The molecule has 0 N–H and O–H groups in total. The van der Waals surface area contributed by atoms with E-state index in [1.165, 1.54) is 0 Å². The molecule has 0 amide bonds. The topological polar surface area (TPSA) is 25.8 Å². The lowest BCUT2D eigenvalue weighted by molar-refractivity contribution is 0.489. The van der Waals surface area contributed by atoms with Crippen LogP contribution in [0.5, 0.6) is 0 Å². The van der Waals surface area contributed by atoms with E-state index in [4.69, 9.17) is 4.98 Å². The van der Waals surface area contributed by atoms with Crippen molar-refractivity contribution in [2.45, 2.75) is 57.7 Å². The summed E-state index contributed by atoms with van der Waals surface area (Å²) in [5.41, 5.74) is 0.0475. The van der Waals surface area contributed by atoms with Crippen molar-refractivity contribution in [3.63, 3.8) is 0 Å². The third kappa shape index (κ3) is 3.27. The molecule has 0 saturated heterocycles. The highest BCUT2D eigenvalue weighted by molar-refractivity contribution is 9.09. The zero-order valence-electron chi connectivity index (χ0n) is 10.9. The van der Waals surface area contributed by atoms with Crippen molar-refractivity contribution < 1.29 is 0 Å². The van der Waals surface area contributed by atoms with Gasteiger partial charge in [0.05, 0.1) is 0 Å². The van der Waals surface area contributed by atoms with Crippen molar-refractivity contribution in [2.75, 3.05) is 0 Å². The van der Waals surface area contributed by atoms with E-state index >= 15 is 0 Å². The molecule has 0 saturated carbocycles. The molecule has 0 aromatic carbocycles. The smallest absolute Gasteiger partial charge is 0.147 e. The fourth-order valence-corrected chi connectivity index (χ4v) is 3.94. The fourth-order valence-electron chi connectivity index (χ4n) is 1.69. The molecule has 0 fully saturated rings. The second-order valence-corrected chi connectivity index (χ2v) is 7.88. The Morgan fingerprint density at radius 2 is 1.75 bits per heavy atom. The van der Waals surface area contributed by atoms with Crippen molar-refractivity contribution in [2.24, 2.45) is 5.92 Å². The predicted molar refractivity (Wildman–Crippen MR) is 74.6 cm³/mol. The maximum atomic E-state index is 4.70. The van der Waals surface area contributed by atoms with Gasteiger partial charge in [-0.3, -0.25) is 0 Å². The van der Waals surface area contributed by atoms with E-state index < -0.39 is 0 Å². The first-order chi connectivity index (χ1) is 7.23. The third-order valence-electron chi connectivity index (χ3n) is 2.61. The average molecular weight is 305 g/mol. The van der Waals surface area contributed by atoms with Crippen LogP contribution in [0.4, 0.5) is 0 Å². The van der Waals surface area contributed by atoms with Crippen LogP contribution >= 0.6 is 27.5 Å². The Kier molecular flexibility index (Phi) is 4.52. The fraction of sp³-hybridized carbons (Fsp3) is 0.833. The zero-order chi connectivity index (χ0) is 12.5. The van der Waals surface area contributed by atoms with Crippen LogP contribution in [0, 0.1) is 5.92 Å². The highest BCUT2D eigenvalue weighted by Gasteiger charge is 2.27. The molecule has 0 aliphatic rings. The first-order valence-electron chi connectivity index (χ1n) is 5.71. The van der Waals surface area contributed by atoms with Crippen molar-refractivity contribution in [1.29, 1.82) is 0 Å². The number of nitrogens with zero attached hydrogens (tertiary/aromatic N) is 2. The number of hydrogen-bond acceptors (Lipinski definition) is 3. The summed E-state index contributed by atoms with van der Waals surface area (Å²) in [4.78, 5) is 5.14. The number of hydrogen-bond donors (Lipinski definition) is 0. The average Bonchev–Trinajstić information content (AvgIpc) is 2.50. The van der Waals surface area contributed by atoms with Crippen LogP contribution in [0.2, 0.25) is 0 Å². The monoisotopic (exact) mass is 304 g/mol. The second-order valence-electron chi connectivity index (χ2n) is 5.65. The lowest BCUT2D eigenvalue weighted by Crippen LogP contribution is -2.17. The summed E-state index contributed by atoms with van der Waals surface area (Å²) in [5, 5.41) is 1.16.